The molecule has 2 nitrogen and oxygen atoms in total. The van der Waals surface area contributed by atoms with Crippen molar-refractivity contribution < 1.29 is 0 Å². The van der Waals surface area contributed by atoms with Gasteiger partial charge in [0.15, 0.2) is 0 Å². The van der Waals surface area contributed by atoms with Gasteiger partial charge in [-0.25, -0.2) is 0 Å². The van der Waals surface area contributed by atoms with Gasteiger partial charge in [0, 0.05) is 27.6 Å². The first-order chi connectivity index (χ1) is 18.1. The first kappa shape index (κ1) is 22.4. The highest BCUT2D eigenvalue weighted by molar-refractivity contribution is 6.09. The molecule has 1 aromatic heterocycles. The third-order valence-corrected chi connectivity index (χ3v) is 6.80. The van der Waals surface area contributed by atoms with Crippen LogP contribution in [0.5, 0.6) is 0 Å². The number of rotatable bonds is 2. The molecule has 0 amide bonds. The minimum atomic E-state index is 0.676. The van der Waals surface area contributed by atoms with Gasteiger partial charge in [-0.05, 0) is 91.7 Å². The molecule has 0 unspecified atom stereocenters. The van der Waals surface area contributed by atoms with Crippen LogP contribution in [0.15, 0.2) is 109 Å². The zero-order valence-corrected chi connectivity index (χ0v) is 20.8. The van der Waals surface area contributed by atoms with Gasteiger partial charge in [-0.15, -0.1) is 0 Å². The van der Waals surface area contributed by atoms with E-state index in [1.54, 1.807) is 0 Å². The molecule has 0 aliphatic heterocycles. The summed E-state index contributed by atoms with van der Waals surface area (Å²) in [6.45, 7) is 4.29. The van der Waals surface area contributed by atoms with Crippen LogP contribution in [0.4, 0.5) is 0 Å². The van der Waals surface area contributed by atoms with Gasteiger partial charge in [-0.1, -0.05) is 65.4 Å². The van der Waals surface area contributed by atoms with E-state index in [9.17, 15) is 5.26 Å². The van der Waals surface area contributed by atoms with Crippen LogP contribution in [0.25, 0.3) is 38.6 Å². The van der Waals surface area contributed by atoms with E-state index >= 15 is 0 Å². The molecule has 6 rings (SSSR count). The molecular formula is C35H24N2. The highest BCUT2D eigenvalue weighted by Gasteiger charge is 2.12. The first-order valence-electron chi connectivity index (χ1n) is 12.3. The van der Waals surface area contributed by atoms with Crippen molar-refractivity contribution in [3.63, 3.8) is 0 Å². The minimum absolute atomic E-state index is 0.676. The molecule has 6 aromatic rings. The molecule has 0 saturated heterocycles. The van der Waals surface area contributed by atoms with E-state index in [2.05, 4.69) is 97.0 Å². The lowest BCUT2D eigenvalue weighted by Gasteiger charge is -2.08. The van der Waals surface area contributed by atoms with Gasteiger partial charge < -0.3 is 4.57 Å². The first-order valence-corrected chi connectivity index (χ1v) is 12.3. The monoisotopic (exact) mass is 472 g/mol. The summed E-state index contributed by atoms with van der Waals surface area (Å²) in [5.41, 5.74) is 10.6. The Balaban J connectivity index is 1.31. The van der Waals surface area contributed by atoms with E-state index in [1.807, 2.05) is 48.5 Å². The third-order valence-electron chi connectivity index (χ3n) is 6.80. The summed E-state index contributed by atoms with van der Waals surface area (Å²) in [5.74, 6) is 6.57. The average Bonchev–Trinajstić information content (AvgIpc) is 3.25. The molecule has 0 radical (unpaired) electrons. The van der Waals surface area contributed by atoms with Crippen molar-refractivity contribution in [1.82, 2.24) is 4.57 Å². The van der Waals surface area contributed by atoms with Crippen molar-refractivity contribution in [1.29, 1.82) is 5.26 Å². The second kappa shape index (κ2) is 9.19. The van der Waals surface area contributed by atoms with Crippen LogP contribution in [0.3, 0.4) is 0 Å². The average molecular weight is 473 g/mol. The number of nitriles is 1. The highest BCUT2D eigenvalue weighted by Crippen LogP contribution is 2.33. The molecule has 5 aromatic carbocycles. The third kappa shape index (κ3) is 4.16. The van der Waals surface area contributed by atoms with Crippen molar-refractivity contribution >= 4 is 21.8 Å². The van der Waals surface area contributed by atoms with E-state index in [1.165, 1.54) is 32.9 Å². The van der Waals surface area contributed by atoms with Gasteiger partial charge in [-0.3, -0.25) is 0 Å². The maximum absolute atomic E-state index is 9.38. The van der Waals surface area contributed by atoms with Gasteiger partial charge >= 0.3 is 0 Å². The van der Waals surface area contributed by atoms with E-state index in [4.69, 9.17) is 0 Å². The van der Waals surface area contributed by atoms with E-state index in [0.717, 1.165) is 27.9 Å². The fraction of sp³-hybridized carbons (Fsp3) is 0.0571. The van der Waals surface area contributed by atoms with Crippen molar-refractivity contribution in [3.8, 4) is 34.7 Å². The van der Waals surface area contributed by atoms with Crippen molar-refractivity contribution in [2.75, 3.05) is 0 Å². The van der Waals surface area contributed by atoms with E-state index in [-0.39, 0.29) is 0 Å². The Bertz CT molecular complexity index is 1830. The van der Waals surface area contributed by atoms with Crippen molar-refractivity contribution in [2.24, 2.45) is 0 Å². The summed E-state index contributed by atoms with van der Waals surface area (Å²) < 4.78 is 2.33. The van der Waals surface area contributed by atoms with Crippen LogP contribution in [0.1, 0.15) is 27.8 Å². The largest absolute Gasteiger partial charge is 0.309 e. The predicted molar refractivity (Wildman–Crippen MR) is 153 cm³/mol. The van der Waals surface area contributed by atoms with Crippen molar-refractivity contribution in [3.05, 3.63) is 137 Å². The fourth-order valence-corrected chi connectivity index (χ4v) is 4.93. The molecule has 0 fully saturated rings. The number of aryl methyl sites for hydroxylation is 2. The van der Waals surface area contributed by atoms with Gasteiger partial charge in [-0.2, -0.15) is 5.26 Å². The molecule has 1 heterocycles. The summed E-state index contributed by atoms with van der Waals surface area (Å²) in [6.07, 6.45) is 0. The Hall–Kier alpha value is -5.05. The number of nitrogens with zero attached hydrogens (tertiary/aromatic N) is 2. The van der Waals surface area contributed by atoms with Gasteiger partial charge in [0.2, 0.25) is 0 Å². The SMILES string of the molecule is Cc1ccc2c(c1)c1cc(C)ccc1n2-c1ccc(C#Cc2ccc(-c3ccccc3C#N)cc2)cc1. The number of aromatic nitrogens is 1. The zero-order valence-electron chi connectivity index (χ0n) is 20.8. The summed E-state index contributed by atoms with van der Waals surface area (Å²) in [7, 11) is 0. The van der Waals surface area contributed by atoms with Gasteiger partial charge in [0.1, 0.15) is 0 Å². The maximum Gasteiger partial charge on any atom is 0.0998 e. The number of benzene rings is 5. The topological polar surface area (TPSA) is 28.7 Å². The molecule has 0 bridgehead atoms. The van der Waals surface area contributed by atoms with Crippen LogP contribution < -0.4 is 0 Å². The van der Waals surface area contributed by atoms with E-state index < -0.39 is 0 Å². The number of hydrogen-bond acceptors (Lipinski definition) is 1. The van der Waals surface area contributed by atoms with Crippen LogP contribution in [0, 0.1) is 37.0 Å². The Morgan fingerprint density at radius 1 is 0.595 bits per heavy atom. The normalized spacial score (nSPS) is 10.7. The number of fused-ring (bicyclic) bond motifs is 3. The highest BCUT2D eigenvalue weighted by atomic mass is 15.0. The molecule has 0 aliphatic rings. The van der Waals surface area contributed by atoms with Gasteiger partial charge in [0.05, 0.1) is 22.7 Å². The second-order valence-corrected chi connectivity index (χ2v) is 9.41. The summed E-state index contributed by atoms with van der Waals surface area (Å²) in [5, 5.41) is 11.9. The molecule has 0 aliphatic carbocycles. The quantitative estimate of drug-likeness (QED) is 0.233. The number of hydrogen-bond donors (Lipinski definition) is 0. The smallest absolute Gasteiger partial charge is 0.0998 e. The van der Waals surface area contributed by atoms with E-state index in [0.29, 0.717) is 5.56 Å². The molecule has 0 spiro atoms. The second-order valence-electron chi connectivity index (χ2n) is 9.41. The lowest BCUT2D eigenvalue weighted by Crippen LogP contribution is -1.93. The standard InChI is InChI=1S/C35H24N2/c1-24-7-19-34-32(21-24)33-22-25(2)8-20-35(33)37(34)30-17-13-27(14-18-30)10-9-26-11-15-28(16-12-26)31-6-4-3-5-29(31)23-36/h3-8,11-22H,1-2H3. The van der Waals surface area contributed by atoms with Crippen molar-refractivity contribution in [2.45, 2.75) is 13.8 Å². The Morgan fingerprint density at radius 2 is 1.14 bits per heavy atom. The molecule has 0 saturated carbocycles. The Labute approximate surface area is 217 Å². The Morgan fingerprint density at radius 3 is 1.70 bits per heavy atom. The Kier molecular flexibility index (Phi) is 5.57. The molecule has 174 valence electrons. The predicted octanol–water partition coefficient (Wildman–Crippen LogP) is 8.34. The molecule has 0 N–H and O–H groups in total. The molecule has 0 atom stereocenters. The van der Waals surface area contributed by atoms with Crippen LogP contribution in [-0.2, 0) is 0 Å². The van der Waals surface area contributed by atoms with Crippen LogP contribution in [-0.4, -0.2) is 4.57 Å². The zero-order chi connectivity index (χ0) is 25.4. The summed E-state index contributed by atoms with van der Waals surface area (Å²) in [6, 6.07) is 39.8. The fourth-order valence-electron chi connectivity index (χ4n) is 4.93. The lowest BCUT2D eigenvalue weighted by molar-refractivity contribution is 1.18. The molecule has 2 heteroatoms. The lowest BCUT2D eigenvalue weighted by atomic mass is 9.99. The maximum atomic E-state index is 9.38. The minimum Gasteiger partial charge on any atom is -0.309 e. The summed E-state index contributed by atoms with van der Waals surface area (Å²) >= 11 is 0. The van der Waals surface area contributed by atoms with Gasteiger partial charge in [0.25, 0.3) is 0 Å². The molecular weight excluding hydrogens is 448 g/mol. The summed E-state index contributed by atoms with van der Waals surface area (Å²) in [4.78, 5) is 0. The molecule has 37 heavy (non-hydrogen) atoms. The van der Waals surface area contributed by atoms with Crippen LogP contribution in [0.2, 0.25) is 0 Å². The van der Waals surface area contributed by atoms with Crippen LogP contribution >= 0.6 is 0 Å².